The van der Waals surface area contributed by atoms with Crippen LogP contribution in [-0.4, -0.2) is 79.7 Å². The van der Waals surface area contributed by atoms with Crippen LogP contribution in [0.25, 0.3) is 0 Å². The van der Waals surface area contributed by atoms with Crippen molar-refractivity contribution < 1.29 is 31.5 Å². The zero-order valence-electron chi connectivity index (χ0n) is 25.5. The molecule has 8 unspecified atom stereocenters. The lowest BCUT2D eigenvalue weighted by atomic mass is 9.33. The minimum absolute atomic E-state index is 0.126. The van der Waals surface area contributed by atoms with Crippen LogP contribution in [0.15, 0.2) is 42.5 Å². The van der Waals surface area contributed by atoms with Crippen molar-refractivity contribution in [1.82, 2.24) is 14.5 Å². The molecule has 12 heteroatoms. The average Bonchev–Trinajstić information content (AvgIpc) is 3.81. The Hall–Kier alpha value is -3.09. The quantitative estimate of drug-likeness (QED) is 0.396. The molecule has 2 N–H and O–H groups in total. The zero-order valence-corrected chi connectivity index (χ0v) is 26.4. The van der Waals surface area contributed by atoms with E-state index < -0.39 is 45.6 Å². The van der Waals surface area contributed by atoms with Crippen LogP contribution in [0.4, 0.5) is 19.3 Å². The molecule has 6 fully saturated rings. The van der Waals surface area contributed by atoms with Gasteiger partial charge in [-0.05, 0) is 85.6 Å². The fraction of sp³-hybridized carbons (Fsp3) is 0.576. The number of hydrogen-bond donors (Lipinski definition) is 2. The van der Waals surface area contributed by atoms with Crippen molar-refractivity contribution in [3.8, 4) is 0 Å². The number of benzene rings is 2. The second kappa shape index (κ2) is 11.3. The van der Waals surface area contributed by atoms with E-state index in [1.54, 1.807) is 22.5 Å². The molecule has 3 saturated carbocycles. The number of halogens is 2. The molecule has 242 valence electrons. The van der Waals surface area contributed by atoms with E-state index in [9.17, 15) is 22.4 Å². The number of carbonyl (C=O) groups is 2. The summed E-state index contributed by atoms with van der Waals surface area (Å²) in [5.74, 6) is -0.874. The van der Waals surface area contributed by atoms with Gasteiger partial charge in [-0.15, -0.1) is 0 Å². The van der Waals surface area contributed by atoms with Gasteiger partial charge < -0.3 is 15.4 Å². The smallest absolute Gasteiger partial charge is 0.407 e. The normalized spacial score (nSPS) is 34.9. The van der Waals surface area contributed by atoms with Crippen molar-refractivity contribution in [2.24, 2.45) is 17.3 Å². The Morgan fingerprint density at radius 1 is 1.11 bits per heavy atom. The Balaban J connectivity index is 1.16. The third-order valence-electron chi connectivity index (χ3n) is 11.5. The van der Waals surface area contributed by atoms with Crippen LogP contribution in [-0.2, 0) is 26.0 Å². The molecule has 8 rings (SSSR count). The van der Waals surface area contributed by atoms with Gasteiger partial charge in [-0.3, -0.25) is 9.69 Å². The number of hydrogen-bond acceptors (Lipinski definition) is 6. The van der Waals surface area contributed by atoms with Crippen molar-refractivity contribution in [3.05, 3.63) is 65.2 Å². The average molecular weight is 643 g/mol. The van der Waals surface area contributed by atoms with Crippen molar-refractivity contribution in [2.75, 3.05) is 31.3 Å². The highest BCUT2D eigenvalue weighted by Crippen LogP contribution is 2.74. The van der Waals surface area contributed by atoms with E-state index in [4.69, 9.17) is 4.74 Å². The van der Waals surface area contributed by atoms with E-state index in [0.29, 0.717) is 36.8 Å². The van der Waals surface area contributed by atoms with Crippen LogP contribution in [0.2, 0.25) is 0 Å². The highest BCUT2D eigenvalue weighted by atomic mass is 32.2. The van der Waals surface area contributed by atoms with E-state index in [1.165, 1.54) is 31.4 Å². The number of carbonyl (C=O) groups excluding carboxylic acids is 2. The maximum absolute atomic E-state index is 15.5. The summed E-state index contributed by atoms with van der Waals surface area (Å²) in [7, 11) is -2.17. The SMILES string of the molecule is COC(=O)NC(C(=O)Nc1cccc(F)c1CCC1C2CN2C2CCCS(=O)(=O)N1C2)C(c1ccc(F)cc1)C12CC(C1)C2C. The molecule has 3 aliphatic carbocycles. The third kappa shape index (κ3) is 5.22. The number of nitrogens with zero attached hydrogens (tertiary/aromatic N) is 2. The van der Waals surface area contributed by atoms with Crippen molar-refractivity contribution in [2.45, 2.75) is 75.5 Å². The Labute approximate surface area is 262 Å². The zero-order chi connectivity index (χ0) is 31.7. The Kier molecular flexibility index (Phi) is 7.68. The molecule has 3 saturated heterocycles. The minimum Gasteiger partial charge on any atom is -0.453 e. The largest absolute Gasteiger partial charge is 0.453 e. The van der Waals surface area contributed by atoms with Crippen LogP contribution in [0, 0.1) is 28.9 Å². The lowest BCUT2D eigenvalue weighted by molar-refractivity contribution is -0.202. The van der Waals surface area contributed by atoms with Gasteiger partial charge in [-0.1, -0.05) is 25.1 Å². The molecule has 3 heterocycles. The molecular weight excluding hydrogens is 602 g/mol. The predicted molar refractivity (Wildman–Crippen MR) is 164 cm³/mol. The molecule has 8 atom stereocenters. The molecule has 2 aromatic carbocycles. The molecule has 2 amide bonds. The molecule has 0 radical (unpaired) electrons. The first-order chi connectivity index (χ1) is 21.5. The van der Waals surface area contributed by atoms with Gasteiger partial charge in [0.1, 0.15) is 17.7 Å². The molecule has 9 nitrogen and oxygen atoms in total. The van der Waals surface area contributed by atoms with Crippen molar-refractivity contribution in [3.63, 3.8) is 0 Å². The third-order valence-corrected chi connectivity index (χ3v) is 13.5. The number of ether oxygens (including phenoxy) is 1. The summed E-state index contributed by atoms with van der Waals surface area (Å²) in [5, 5.41) is 5.66. The fourth-order valence-electron chi connectivity index (χ4n) is 8.88. The van der Waals surface area contributed by atoms with Gasteiger partial charge in [0.05, 0.1) is 12.9 Å². The van der Waals surface area contributed by atoms with Gasteiger partial charge in [-0.2, -0.15) is 4.31 Å². The maximum Gasteiger partial charge on any atom is 0.407 e. The standard InChI is InChI=1S/C33H40F2N4O5S/c1-19-21-15-33(19,16-21)29(20-8-10-22(34)11-9-20)30(37-32(41)44-2)31(40)36-26-7-3-6-25(35)24(26)12-13-27-28-18-38(28)23-5-4-14-45(42,43)39(27)17-23/h3,6-11,19,21,23,27-30H,4-5,12-18H2,1-2H3,(H,36,40)(H,37,41). The van der Waals surface area contributed by atoms with E-state index >= 15 is 4.39 Å². The molecule has 6 aliphatic rings. The number of rotatable bonds is 9. The Morgan fingerprint density at radius 2 is 1.87 bits per heavy atom. The number of amides is 2. The Morgan fingerprint density at radius 3 is 2.53 bits per heavy atom. The lowest BCUT2D eigenvalue weighted by Gasteiger charge is -2.71. The summed E-state index contributed by atoms with van der Waals surface area (Å²) >= 11 is 0. The molecule has 0 aromatic heterocycles. The first-order valence-electron chi connectivity index (χ1n) is 16.0. The highest BCUT2D eigenvalue weighted by Gasteiger charge is 2.68. The van der Waals surface area contributed by atoms with Crippen LogP contribution >= 0.6 is 0 Å². The minimum atomic E-state index is -3.40. The molecule has 0 spiro atoms. The summed E-state index contributed by atoms with van der Waals surface area (Å²) in [5.41, 5.74) is 1.06. The summed E-state index contributed by atoms with van der Waals surface area (Å²) < 4.78 is 62.2. The number of sulfonamides is 1. The second-order valence-electron chi connectivity index (χ2n) is 13.6. The number of anilines is 1. The monoisotopic (exact) mass is 642 g/mol. The van der Waals surface area contributed by atoms with Gasteiger partial charge in [0.15, 0.2) is 0 Å². The number of nitrogens with one attached hydrogen (secondary N) is 2. The Bertz CT molecular complexity index is 1600. The second-order valence-corrected chi connectivity index (χ2v) is 15.7. The van der Waals surface area contributed by atoms with Crippen LogP contribution in [0.5, 0.6) is 0 Å². The van der Waals surface area contributed by atoms with Gasteiger partial charge in [0.25, 0.3) is 0 Å². The van der Waals surface area contributed by atoms with Gasteiger partial charge in [0.2, 0.25) is 15.9 Å². The highest BCUT2D eigenvalue weighted by molar-refractivity contribution is 7.89. The van der Waals surface area contributed by atoms with Gasteiger partial charge in [-0.25, -0.2) is 22.0 Å². The number of methoxy groups -OCH3 is 1. The van der Waals surface area contributed by atoms with E-state index in [1.807, 2.05) is 0 Å². The van der Waals surface area contributed by atoms with Crippen molar-refractivity contribution in [1.29, 1.82) is 0 Å². The molecular formula is C33H40F2N4O5S. The molecule has 2 aromatic rings. The molecule has 3 aliphatic heterocycles. The van der Waals surface area contributed by atoms with E-state index in [-0.39, 0.29) is 41.4 Å². The van der Waals surface area contributed by atoms with Gasteiger partial charge in [0, 0.05) is 48.4 Å². The molecule has 4 bridgehead atoms. The molecule has 45 heavy (non-hydrogen) atoms. The fourth-order valence-corrected chi connectivity index (χ4v) is 10.7. The summed E-state index contributed by atoms with van der Waals surface area (Å²) in [6.07, 6.45) is 3.17. The first kappa shape index (κ1) is 30.6. The number of piperazine rings is 1. The van der Waals surface area contributed by atoms with Crippen LogP contribution in [0.1, 0.15) is 56.1 Å². The number of alkyl carbamates (subject to hydrolysis) is 1. The van der Waals surface area contributed by atoms with Gasteiger partial charge >= 0.3 is 6.09 Å². The lowest BCUT2D eigenvalue weighted by Crippen LogP contribution is -2.67. The van der Waals surface area contributed by atoms with E-state index in [2.05, 4.69) is 22.5 Å². The first-order valence-corrected chi connectivity index (χ1v) is 17.6. The number of fused-ring (bicyclic) bond motifs is 4. The summed E-state index contributed by atoms with van der Waals surface area (Å²) in [4.78, 5) is 29.1. The van der Waals surface area contributed by atoms with Crippen LogP contribution in [0.3, 0.4) is 0 Å². The summed E-state index contributed by atoms with van der Waals surface area (Å²) in [6, 6.07) is 9.56. The topological polar surface area (TPSA) is 108 Å². The van der Waals surface area contributed by atoms with Crippen LogP contribution < -0.4 is 10.6 Å². The summed E-state index contributed by atoms with van der Waals surface area (Å²) in [6.45, 7) is 3.46. The van der Waals surface area contributed by atoms with E-state index in [0.717, 1.165) is 31.4 Å². The van der Waals surface area contributed by atoms with Crippen molar-refractivity contribution >= 4 is 27.7 Å². The predicted octanol–water partition coefficient (Wildman–Crippen LogP) is 4.25. The maximum atomic E-state index is 15.5.